The van der Waals surface area contributed by atoms with Crippen LogP contribution in [0.5, 0.6) is 0 Å². The van der Waals surface area contributed by atoms with E-state index in [-0.39, 0.29) is 5.82 Å². The van der Waals surface area contributed by atoms with E-state index in [9.17, 15) is 9.65 Å². The SMILES string of the molecule is N#Cc1cccc(N2CCN(CCCCn3cnc4ccc(Cc5nc6ccccc6n5CCCN5CCN(c6cccc(F)c6)CC5)cc43)CC2)c1. The number of imidazole rings is 2. The zero-order valence-corrected chi connectivity index (χ0v) is 30.5. The van der Waals surface area contributed by atoms with Gasteiger partial charge in [-0.1, -0.05) is 30.3 Å². The molecule has 0 aliphatic carbocycles. The van der Waals surface area contributed by atoms with Crippen LogP contribution in [0.3, 0.4) is 0 Å². The van der Waals surface area contributed by atoms with Crippen LogP contribution in [0.1, 0.15) is 36.2 Å². The lowest BCUT2D eigenvalue weighted by molar-refractivity contribution is 0.250. The van der Waals surface area contributed by atoms with E-state index >= 15 is 0 Å². The summed E-state index contributed by atoms with van der Waals surface area (Å²) in [6, 6.07) is 32.3. The Balaban J connectivity index is 0.845. The van der Waals surface area contributed by atoms with Crippen molar-refractivity contribution in [2.75, 3.05) is 75.2 Å². The molecule has 0 spiro atoms. The molecule has 9 nitrogen and oxygen atoms in total. The number of anilines is 2. The number of unbranched alkanes of at least 4 members (excludes halogenated alkanes) is 1. The molecule has 0 N–H and O–H groups in total. The number of benzene rings is 4. The van der Waals surface area contributed by atoms with Gasteiger partial charge in [0.25, 0.3) is 0 Å². The maximum atomic E-state index is 13.8. The zero-order chi connectivity index (χ0) is 36.0. The lowest BCUT2D eigenvalue weighted by Gasteiger charge is -2.36. The summed E-state index contributed by atoms with van der Waals surface area (Å²) in [4.78, 5) is 19.6. The maximum absolute atomic E-state index is 13.8. The van der Waals surface area contributed by atoms with Crippen molar-refractivity contribution < 1.29 is 4.39 Å². The highest BCUT2D eigenvalue weighted by molar-refractivity contribution is 5.77. The highest BCUT2D eigenvalue weighted by atomic mass is 19.1. The molecular weight excluding hydrogens is 662 g/mol. The summed E-state index contributed by atoms with van der Waals surface area (Å²) in [7, 11) is 0. The van der Waals surface area contributed by atoms with Crippen molar-refractivity contribution in [2.45, 2.75) is 38.8 Å². The van der Waals surface area contributed by atoms with E-state index < -0.39 is 0 Å². The number of aryl methyl sites for hydroxylation is 2. The monoisotopic (exact) mass is 709 g/mol. The molecule has 0 bridgehead atoms. The van der Waals surface area contributed by atoms with Crippen LogP contribution in [-0.2, 0) is 19.5 Å². The molecule has 4 aromatic carbocycles. The Morgan fingerprint density at radius 2 is 1.32 bits per heavy atom. The van der Waals surface area contributed by atoms with Crippen LogP contribution in [0.2, 0.25) is 0 Å². The third-order valence-corrected chi connectivity index (χ3v) is 11.0. The molecule has 0 amide bonds. The van der Waals surface area contributed by atoms with Crippen LogP contribution in [0, 0.1) is 17.1 Å². The molecular formula is C43H48FN9. The number of hydrogen-bond donors (Lipinski definition) is 0. The first-order chi connectivity index (χ1) is 26.1. The van der Waals surface area contributed by atoms with Crippen LogP contribution >= 0.6 is 0 Å². The minimum atomic E-state index is -0.173. The molecule has 8 rings (SSSR count). The van der Waals surface area contributed by atoms with E-state index in [1.165, 1.54) is 22.7 Å². The number of aromatic nitrogens is 4. The number of nitriles is 1. The minimum absolute atomic E-state index is 0.173. The largest absolute Gasteiger partial charge is 0.369 e. The predicted octanol–water partition coefficient (Wildman–Crippen LogP) is 6.80. The quantitative estimate of drug-likeness (QED) is 0.122. The van der Waals surface area contributed by atoms with Gasteiger partial charge in [0.2, 0.25) is 0 Å². The molecule has 2 saturated heterocycles. The third-order valence-electron chi connectivity index (χ3n) is 11.0. The molecule has 0 radical (unpaired) electrons. The average molecular weight is 710 g/mol. The Morgan fingerprint density at radius 3 is 2.08 bits per heavy atom. The van der Waals surface area contributed by atoms with Crippen molar-refractivity contribution >= 4 is 33.4 Å². The first-order valence-corrected chi connectivity index (χ1v) is 19.2. The fourth-order valence-electron chi connectivity index (χ4n) is 8.06. The van der Waals surface area contributed by atoms with Gasteiger partial charge in [0, 0.05) is 83.2 Å². The summed E-state index contributed by atoms with van der Waals surface area (Å²) in [5.41, 5.74) is 8.57. The molecule has 10 heteroatoms. The lowest BCUT2D eigenvalue weighted by Crippen LogP contribution is -2.46. The van der Waals surface area contributed by atoms with Gasteiger partial charge in [0.15, 0.2) is 0 Å². The number of hydrogen-bond acceptors (Lipinski definition) is 7. The van der Waals surface area contributed by atoms with E-state index in [1.54, 1.807) is 12.1 Å². The summed E-state index contributed by atoms with van der Waals surface area (Å²) in [5.74, 6) is 0.929. The second-order valence-electron chi connectivity index (χ2n) is 14.5. The topological polar surface area (TPSA) is 72.4 Å². The Bertz CT molecular complexity index is 2180. The molecule has 272 valence electrons. The second kappa shape index (κ2) is 16.2. The molecule has 2 aliphatic heterocycles. The third kappa shape index (κ3) is 8.22. The van der Waals surface area contributed by atoms with Crippen LogP contribution in [-0.4, -0.2) is 94.3 Å². The Morgan fingerprint density at radius 1 is 0.623 bits per heavy atom. The standard InChI is InChI=1S/C43H48FN9/c44-36-9-6-11-38(31-36)51-26-22-49(23-27-51)17-7-19-53-41-13-2-1-12-40(41)47-43(53)30-34-14-15-39-42(29-34)52(33-46-39)18-4-3-16-48-20-24-50(25-21-48)37-10-5-8-35(28-37)32-45/h1-2,5-6,8-15,28-29,31,33H,3-4,7,16-27,30H2. The molecule has 0 saturated carbocycles. The first-order valence-electron chi connectivity index (χ1n) is 19.2. The van der Waals surface area contributed by atoms with Gasteiger partial charge < -0.3 is 18.9 Å². The summed E-state index contributed by atoms with van der Waals surface area (Å²) >= 11 is 0. The Hall–Kier alpha value is -5.24. The molecule has 2 fully saturated rings. The van der Waals surface area contributed by atoms with E-state index in [0.29, 0.717) is 0 Å². The lowest BCUT2D eigenvalue weighted by atomic mass is 10.1. The van der Waals surface area contributed by atoms with E-state index in [4.69, 9.17) is 9.97 Å². The maximum Gasteiger partial charge on any atom is 0.125 e. The molecule has 53 heavy (non-hydrogen) atoms. The molecule has 6 aromatic rings. The van der Waals surface area contributed by atoms with Gasteiger partial charge in [-0.15, -0.1) is 0 Å². The molecule has 2 aromatic heterocycles. The van der Waals surface area contributed by atoms with Gasteiger partial charge in [-0.3, -0.25) is 9.80 Å². The van der Waals surface area contributed by atoms with E-state index in [0.717, 1.165) is 138 Å². The Labute approximate surface area is 311 Å². The van der Waals surface area contributed by atoms with Crippen LogP contribution in [0.4, 0.5) is 15.8 Å². The van der Waals surface area contributed by atoms with Crippen LogP contribution in [0.25, 0.3) is 22.1 Å². The summed E-state index contributed by atoms with van der Waals surface area (Å²) in [6.07, 6.45) is 6.07. The summed E-state index contributed by atoms with van der Waals surface area (Å²) in [6.45, 7) is 11.9. The van der Waals surface area contributed by atoms with Crippen molar-refractivity contribution in [2.24, 2.45) is 0 Å². The van der Waals surface area contributed by atoms with Crippen molar-refractivity contribution in [3.63, 3.8) is 0 Å². The average Bonchev–Trinajstić information content (AvgIpc) is 3.77. The van der Waals surface area contributed by atoms with Gasteiger partial charge in [-0.25, -0.2) is 14.4 Å². The smallest absolute Gasteiger partial charge is 0.125 e. The highest BCUT2D eigenvalue weighted by Gasteiger charge is 2.19. The number of fused-ring (bicyclic) bond motifs is 2. The fraction of sp³-hybridized carbons (Fsp3) is 0.372. The van der Waals surface area contributed by atoms with Gasteiger partial charge in [-0.2, -0.15) is 5.26 Å². The van der Waals surface area contributed by atoms with Gasteiger partial charge in [0.1, 0.15) is 11.6 Å². The number of rotatable bonds is 13. The molecule has 2 aliphatic rings. The van der Waals surface area contributed by atoms with Gasteiger partial charge in [-0.05, 0) is 98.6 Å². The van der Waals surface area contributed by atoms with Gasteiger partial charge >= 0.3 is 0 Å². The predicted molar refractivity (Wildman–Crippen MR) is 211 cm³/mol. The van der Waals surface area contributed by atoms with Crippen LogP contribution in [0.15, 0.2) is 97.3 Å². The van der Waals surface area contributed by atoms with Crippen molar-refractivity contribution in [1.29, 1.82) is 5.26 Å². The number of nitrogens with zero attached hydrogens (tertiary/aromatic N) is 9. The van der Waals surface area contributed by atoms with Crippen molar-refractivity contribution in [1.82, 2.24) is 28.9 Å². The number of piperazine rings is 2. The van der Waals surface area contributed by atoms with Crippen molar-refractivity contribution in [3.8, 4) is 6.07 Å². The summed E-state index contributed by atoms with van der Waals surface area (Å²) in [5, 5.41) is 9.26. The van der Waals surface area contributed by atoms with E-state index in [2.05, 4.69) is 83.3 Å². The van der Waals surface area contributed by atoms with Crippen molar-refractivity contribution in [3.05, 3.63) is 120 Å². The Kier molecular flexibility index (Phi) is 10.6. The number of halogens is 1. The fourth-order valence-corrected chi connectivity index (χ4v) is 8.06. The number of para-hydroxylation sites is 2. The minimum Gasteiger partial charge on any atom is -0.369 e. The normalized spacial score (nSPS) is 15.8. The first kappa shape index (κ1) is 34.8. The summed E-state index contributed by atoms with van der Waals surface area (Å²) < 4.78 is 18.5. The highest BCUT2D eigenvalue weighted by Crippen LogP contribution is 2.24. The van der Waals surface area contributed by atoms with E-state index in [1.807, 2.05) is 30.6 Å². The second-order valence-corrected chi connectivity index (χ2v) is 14.5. The van der Waals surface area contributed by atoms with Crippen LogP contribution < -0.4 is 9.80 Å². The molecule has 0 unspecified atom stereocenters. The molecule has 0 atom stereocenters. The molecule has 4 heterocycles. The zero-order valence-electron chi connectivity index (χ0n) is 30.5. The van der Waals surface area contributed by atoms with Gasteiger partial charge in [0.05, 0.1) is 40.0 Å².